The lowest BCUT2D eigenvalue weighted by molar-refractivity contribution is -0.115. The molecule has 2 aromatic rings. The summed E-state index contributed by atoms with van der Waals surface area (Å²) in [5.41, 5.74) is 1.91. The lowest BCUT2D eigenvalue weighted by atomic mass is 10.2. The zero-order chi connectivity index (χ0) is 15.7. The molecule has 114 valence electrons. The van der Waals surface area contributed by atoms with Crippen LogP contribution in [0.2, 0.25) is 5.02 Å². The molecule has 1 atom stereocenters. The highest BCUT2D eigenvalue weighted by atomic mass is 79.9. The summed E-state index contributed by atoms with van der Waals surface area (Å²) in [4.78, 5) is 14.1. The number of methoxy groups -OCH3 is 1. The largest absolute Gasteiger partial charge is 0.496 e. The van der Waals surface area contributed by atoms with Crippen LogP contribution in [0.25, 0.3) is 0 Å². The summed E-state index contributed by atoms with van der Waals surface area (Å²) in [5.74, 6) is 1.34. The average molecular weight is 399 g/mol. The van der Waals surface area contributed by atoms with E-state index in [0.717, 1.165) is 21.5 Å². The van der Waals surface area contributed by atoms with Gasteiger partial charge in [0.1, 0.15) is 11.1 Å². The van der Waals surface area contributed by atoms with Crippen molar-refractivity contribution in [2.75, 3.05) is 17.8 Å². The fourth-order valence-corrected chi connectivity index (χ4v) is 4.24. The maximum absolute atomic E-state index is 12.3. The highest BCUT2D eigenvalue weighted by molar-refractivity contribution is 9.10. The summed E-state index contributed by atoms with van der Waals surface area (Å²) < 4.78 is 6.14. The zero-order valence-electron chi connectivity index (χ0n) is 11.8. The number of benzene rings is 2. The first-order chi connectivity index (χ1) is 10.6. The lowest BCUT2D eigenvalue weighted by Gasteiger charge is -2.24. The van der Waals surface area contributed by atoms with E-state index in [2.05, 4.69) is 15.9 Å². The van der Waals surface area contributed by atoms with Gasteiger partial charge < -0.3 is 4.74 Å². The maximum Gasteiger partial charge on any atom is 0.238 e. The Morgan fingerprint density at radius 3 is 2.64 bits per heavy atom. The molecule has 0 N–H and O–H groups in total. The lowest BCUT2D eigenvalue weighted by Crippen LogP contribution is -2.27. The normalized spacial score (nSPS) is 17.9. The molecule has 1 heterocycles. The van der Waals surface area contributed by atoms with Gasteiger partial charge in [-0.05, 0) is 57.9 Å². The number of anilines is 1. The third kappa shape index (κ3) is 2.98. The molecule has 22 heavy (non-hydrogen) atoms. The molecule has 0 bridgehead atoms. The molecular weight excluding hydrogens is 386 g/mol. The van der Waals surface area contributed by atoms with Crippen molar-refractivity contribution in [1.82, 2.24) is 0 Å². The third-order valence-electron chi connectivity index (χ3n) is 3.43. The summed E-state index contributed by atoms with van der Waals surface area (Å²) in [7, 11) is 1.63. The van der Waals surface area contributed by atoms with E-state index in [-0.39, 0.29) is 11.3 Å². The van der Waals surface area contributed by atoms with E-state index >= 15 is 0 Å². The molecular formula is C16H13BrClNO2S. The minimum atomic E-state index is -0.0455. The van der Waals surface area contributed by atoms with E-state index < -0.39 is 0 Å². The van der Waals surface area contributed by atoms with E-state index in [1.54, 1.807) is 31.0 Å². The van der Waals surface area contributed by atoms with Crippen molar-refractivity contribution in [2.45, 2.75) is 5.37 Å². The smallest absolute Gasteiger partial charge is 0.238 e. The molecule has 0 unspecified atom stereocenters. The number of nitrogens with zero attached hydrogens (tertiary/aromatic N) is 1. The highest BCUT2D eigenvalue weighted by Gasteiger charge is 2.34. The Morgan fingerprint density at radius 1 is 1.27 bits per heavy atom. The molecule has 1 fully saturated rings. The Balaban J connectivity index is 1.96. The summed E-state index contributed by atoms with van der Waals surface area (Å²) in [6, 6.07) is 13.2. The molecule has 1 aliphatic rings. The van der Waals surface area contributed by atoms with E-state index in [0.29, 0.717) is 10.8 Å². The number of hydrogen-bond acceptors (Lipinski definition) is 3. The predicted molar refractivity (Wildman–Crippen MR) is 94.8 cm³/mol. The van der Waals surface area contributed by atoms with Gasteiger partial charge in [-0.25, -0.2) is 0 Å². The number of carbonyl (C=O) groups is 1. The van der Waals surface area contributed by atoms with E-state index in [1.807, 2.05) is 35.2 Å². The number of thioether (sulfide) groups is 1. The Hall–Kier alpha value is -1.17. The molecule has 0 aliphatic carbocycles. The molecule has 3 rings (SSSR count). The zero-order valence-corrected chi connectivity index (χ0v) is 14.9. The topological polar surface area (TPSA) is 29.5 Å². The summed E-state index contributed by atoms with van der Waals surface area (Å²) in [6.07, 6.45) is 0. The Bertz CT molecular complexity index is 708. The molecule has 6 heteroatoms. The van der Waals surface area contributed by atoms with Crippen molar-refractivity contribution in [3.8, 4) is 5.75 Å². The second-order valence-electron chi connectivity index (χ2n) is 4.80. The van der Waals surface area contributed by atoms with Crippen molar-refractivity contribution in [1.29, 1.82) is 0 Å². The van der Waals surface area contributed by atoms with Gasteiger partial charge in [-0.3, -0.25) is 9.69 Å². The van der Waals surface area contributed by atoms with Crippen LogP contribution in [-0.4, -0.2) is 18.8 Å². The molecule has 0 radical (unpaired) electrons. The SMILES string of the molecule is COc1ccc([C@H]2SCC(=O)N2c2ccc(Cl)cc2)cc1Br. The van der Waals surface area contributed by atoms with Crippen LogP contribution in [0.5, 0.6) is 5.75 Å². The van der Waals surface area contributed by atoms with E-state index in [4.69, 9.17) is 16.3 Å². The van der Waals surface area contributed by atoms with E-state index in [9.17, 15) is 4.79 Å². The van der Waals surface area contributed by atoms with Crippen molar-refractivity contribution in [3.05, 3.63) is 57.5 Å². The minimum Gasteiger partial charge on any atom is -0.496 e. The maximum atomic E-state index is 12.3. The molecule has 3 nitrogen and oxygen atoms in total. The van der Waals surface area contributed by atoms with Gasteiger partial charge in [0.2, 0.25) is 5.91 Å². The number of amides is 1. The first kappa shape index (κ1) is 15.7. The molecule has 0 aromatic heterocycles. The average Bonchev–Trinajstić information content (AvgIpc) is 2.90. The van der Waals surface area contributed by atoms with Gasteiger partial charge in [0, 0.05) is 10.7 Å². The first-order valence-corrected chi connectivity index (χ1v) is 8.85. The molecule has 1 amide bonds. The van der Waals surface area contributed by atoms with Crippen LogP contribution in [0.15, 0.2) is 46.9 Å². The van der Waals surface area contributed by atoms with Crippen LogP contribution in [0.3, 0.4) is 0 Å². The molecule has 1 saturated heterocycles. The van der Waals surface area contributed by atoms with Gasteiger partial charge in [-0.1, -0.05) is 17.7 Å². The summed E-state index contributed by atoms with van der Waals surface area (Å²) in [5, 5.41) is 0.614. The van der Waals surface area contributed by atoms with Crippen molar-refractivity contribution in [3.63, 3.8) is 0 Å². The summed E-state index contributed by atoms with van der Waals surface area (Å²) >= 11 is 11.0. The van der Waals surface area contributed by atoms with Gasteiger partial charge in [0.05, 0.1) is 17.3 Å². The fraction of sp³-hybridized carbons (Fsp3) is 0.188. The number of halogens is 2. The van der Waals surface area contributed by atoms with Gasteiger partial charge >= 0.3 is 0 Å². The van der Waals surface area contributed by atoms with Crippen molar-refractivity contribution in [2.24, 2.45) is 0 Å². The monoisotopic (exact) mass is 397 g/mol. The van der Waals surface area contributed by atoms with Gasteiger partial charge in [-0.2, -0.15) is 0 Å². The van der Waals surface area contributed by atoms with Gasteiger partial charge in [-0.15, -0.1) is 11.8 Å². The number of hydrogen-bond donors (Lipinski definition) is 0. The van der Waals surface area contributed by atoms with Crippen LogP contribution < -0.4 is 9.64 Å². The number of rotatable bonds is 3. The van der Waals surface area contributed by atoms with Crippen molar-refractivity contribution >= 4 is 50.9 Å². The van der Waals surface area contributed by atoms with Gasteiger partial charge in [0.15, 0.2) is 0 Å². The highest BCUT2D eigenvalue weighted by Crippen LogP contribution is 2.43. The minimum absolute atomic E-state index is 0.0455. The fourth-order valence-electron chi connectivity index (χ4n) is 2.39. The van der Waals surface area contributed by atoms with Crippen LogP contribution in [0, 0.1) is 0 Å². The van der Waals surface area contributed by atoms with Gasteiger partial charge in [0.25, 0.3) is 0 Å². The second kappa shape index (κ2) is 6.52. The van der Waals surface area contributed by atoms with Crippen molar-refractivity contribution < 1.29 is 9.53 Å². The molecule has 0 saturated carbocycles. The third-order valence-corrected chi connectivity index (χ3v) is 5.52. The molecule has 2 aromatic carbocycles. The Kier molecular flexibility index (Phi) is 4.66. The number of ether oxygens (including phenoxy) is 1. The van der Waals surface area contributed by atoms with E-state index in [1.165, 1.54) is 0 Å². The van der Waals surface area contributed by atoms with Crippen LogP contribution in [0.4, 0.5) is 5.69 Å². The van der Waals surface area contributed by atoms with Crippen LogP contribution in [0.1, 0.15) is 10.9 Å². The Morgan fingerprint density at radius 2 is 2.00 bits per heavy atom. The number of carbonyl (C=O) groups excluding carboxylic acids is 1. The molecule has 0 spiro atoms. The predicted octanol–water partition coefficient (Wildman–Crippen LogP) is 4.89. The standard InChI is InChI=1S/C16H13BrClNO2S/c1-21-14-7-2-10(8-13(14)17)16-19(15(20)9-22-16)12-5-3-11(18)4-6-12/h2-8,16H,9H2,1H3/t16-/m1/s1. The van der Waals surface area contributed by atoms with Crippen LogP contribution in [-0.2, 0) is 4.79 Å². The first-order valence-electron chi connectivity index (χ1n) is 6.63. The molecule has 1 aliphatic heterocycles. The Labute approximate surface area is 146 Å². The quantitative estimate of drug-likeness (QED) is 0.737. The van der Waals surface area contributed by atoms with Crippen LogP contribution >= 0.6 is 39.3 Å². The second-order valence-corrected chi connectivity index (χ2v) is 7.16. The summed E-state index contributed by atoms with van der Waals surface area (Å²) in [6.45, 7) is 0.